The number of fused-ring (bicyclic) bond motifs is 1. The number of carbonyl (C=O) groups excluding carboxylic acids is 2. The molecule has 0 radical (unpaired) electrons. The van der Waals surface area contributed by atoms with Gasteiger partial charge < -0.3 is 16.0 Å². The molecule has 2 atom stereocenters. The molecular weight excluding hydrogens is 354 g/mol. The minimum Gasteiger partial charge on any atom is -0.356 e. The Morgan fingerprint density at radius 2 is 2.04 bits per heavy atom. The smallest absolute Gasteiger partial charge is 0.272 e. The molecule has 0 spiro atoms. The van der Waals surface area contributed by atoms with Crippen LogP contribution in [0.15, 0.2) is 24.3 Å². The van der Waals surface area contributed by atoms with Gasteiger partial charge >= 0.3 is 0 Å². The van der Waals surface area contributed by atoms with Crippen molar-refractivity contribution in [1.29, 1.82) is 0 Å². The molecule has 7 nitrogen and oxygen atoms in total. The minimum absolute atomic E-state index is 0.0107. The first kappa shape index (κ1) is 20.3. The molecular formula is C21H31N5O2. The van der Waals surface area contributed by atoms with E-state index in [0.717, 1.165) is 30.3 Å². The van der Waals surface area contributed by atoms with Crippen molar-refractivity contribution in [2.45, 2.75) is 52.1 Å². The van der Waals surface area contributed by atoms with E-state index in [9.17, 15) is 9.59 Å². The third kappa shape index (κ3) is 4.52. The van der Waals surface area contributed by atoms with Crippen molar-refractivity contribution in [1.82, 2.24) is 26.1 Å². The molecule has 152 valence electrons. The first-order valence-electron chi connectivity index (χ1n) is 10.0. The van der Waals surface area contributed by atoms with Crippen LogP contribution in [0.1, 0.15) is 51.0 Å². The molecule has 0 unspecified atom stereocenters. The van der Waals surface area contributed by atoms with Crippen LogP contribution < -0.4 is 16.0 Å². The summed E-state index contributed by atoms with van der Waals surface area (Å²) in [5.41, 5.74) is 0.930. The number of rotatable bonds is 7. The molecule has 2 heterocycles. The van der Waals surface area contributed by atoms with E-state index in [1.54, 1.807) is 0 Å². The summed E-state index contributed by atoms with van der Waals surface area (Å²) in [5, 5.41) is 17.6. The third-order valence-electron chi connectivity index (χ3n) is 5.68. The van der Waals surface area contributed by atoms with Gasteiger partial charge in [0.15, 0.2) is 5.69 Å². The van der Waals surface area contributed by atoms with Gasteiger partial charge in [-0.1, -0.05) is 32.0 Å². The number of benzene rings is 1. The Hall–Kier alpha value is -2.41. The van der Waals surface area contributed by atoms with Crippen molar-refractivity contribution < 1.29 is 9.59 Å². The maximum atomic E-state index is 12.8. The number of hydrogen-bond acceptors (Lipinski definition) is 4. The number of para-hydroxylation sites is 1. The summed E-state index contributed by atoms with van der Waals surface area (Å²) in [4.78, 5) is 24.5. The molecule has 0 saturated carbocycles. The van der Waals surface area contributed by atoms with Crippen LogP contribution in [0.5, 0.6) is 0 Å². The van der Waals surface area contributed by atoms with Crippen molar-refractivity contribution in [2.24, 2.45) is 11.8 Å². The van der Waals surface area contributed by atoms with Gasteiger partial charge in [0.2, 0.25) is 5.91 Å². The lowest BCUT2D eigenvalue weighted by molar-refractivity contribution is -0.123. The fourth-order valence-electron chi connectivity index (χ4n) is 3.75. The first-order valence-corrected chi connectivity index (χ1v) is 10.0. The summed E-state index contributed by atoms with van der Waals surface area (Å²) < 4.78 is 0. The molecule has 3 rings (SSSR count). The number of H-pyrrole nitrogens is 1. The molecule has 0 bridgehead atoms. The zero-order valence-corrected chi connectivity index (χ0v) is 17.1. The standard InChI is InChI=1S/C21H31N5O2/c1-13(2)19(27)22-10-9-15-11-14(12-23-15)21(3,4)24-20(28)18-16-7-5-6-8-17(16)25-26-18/h5-8,13-15,23H,9-12H2,1-4H3,(H,22,27)(H,24,28)(H,25,26)/t14-,15-/m0/s1. The molecule has 28 heavy (non-hydrogen) atoms. The van der Waals surface area contributed by atoms with E-state index < -0.39 is 0 Å². The third-order valence-corrected chi connectivity index (χ3v) is 5.68. The Bertz CT molecular complexity index is 842. The van der Waals surface area contributed by atoms with E-state index in [1.807, 2.05) is 38.1 Å². The van der Waals surface area contributed by atoms with Crippen molar-refractivity contribution in [3.8, 4) is 0 Å². The Morgan fingerprint density at radius 3 is 2.79 bits per heavy atom. The highest BCUT2D eigenvalue weighted by Gasteiger charge is 2.37. The summed E-state index contributed by atoms with van der Waals surface area (Å²) in [6.07, 6.45) is 1.86. The first-order chi connectivity index (χ1) is 13.3. The van der Waals surface area contributed by atoms with Gasteiger partial charge in [0, 0.05) is 36.0 Å². The fraction of sp³-hybridized carbons (Fsp3) is 0.571. The molecule has 4 N–H and O–H groups in total. The topological polar surface area (TPSA) is 98.9 Å². The SMILES string of the molecule is CC(C)C(=O)NCC[C@H]1C[C@H](C(C)(C)NC(=O)c2n[nH]c3ccccc23)CN1. The van der Waals surface area contributed by atoms with E-state index in [1.165, 1.54) is 0 Å². The number of carbonyl (C=O) groups is 2. The van der Waals surface area contributed by atoms with E-state index in [-0.39, 0.29) is 23.3 Å². The van der Waals surface area contributed by atoms with Crippen molar-refractivity contribution in [3.63, 3.8) is 0 Å². The quantitative estimate of drug-likeness (QED) is 0.587. The molecule has 7 heteroatoms. The Labute approximate surface area is 166 Å². The maximum Gasteiger partial charge on any atom is 0.272 e. The average molecular weight is 386 g/mol. The van der Waals surface area contributed by atoms with Crippen LogP contribution in [0.2, 0.25) is 0 Å². The van der Waals surface area contributed by atoms with Crippen LogP contribution in [-0.2, 0) is 4.79 Å². The molecule has 1 fully saturated rings. The highest BCUT2D eigenvalue weighted by molar-refractivity contribution is 6.04. The number of aromatic nitrogens is 2. The number of aromatic amines is 1. The molecule has 0 aliphatic carbocycles. The van der Waals surface area contributed by atoms with Crippen molar-refractivity contribution in [2.75, 3.05) is 13.1 Å². The van der Waals surface area contributed by atoms with Crippen molar-refractivity contribution in [3.05, 3.63) is 30.0 Å². The van der Waals surface area contributed by atoms with Crippen LogP contribution in [0.4, 0.5) is 0 Å². The number of nitrogens with one attached hydrogen (secondary N) is 4. The van der Waals surface area contributed by atoms with Gasteiger partial charge in [0.05, 0.1) is 5.52 Å². The second kappa shape index (κ2) is 8.31. The lowest BCUT2D eigenvalue weighted by Gasteiger charge is -2.32. The van der Waals surface area contributed by atoms with E-state index in [4.69, 9.17) is 0 Å². The van der Waals surface area contributed by atoms with Crippen LogP contribution in [0, 0.1) is 11.8 Å². The molecule has 2 amide bonds. The highest BCUT2D eigenvalue weighted by Crippen LogP contribution is 2.28. The summed E-state index contributed by atoms with van der Waals surface area (Å²) in [6, 6.07) is 7.98. The van der Waals surface area contributed by atoms with Gasteiger partial charge in [-0.3, -0.25) is 14.7 Å². The molecule has 1 aromatic carbocycles. The zero-order valence-electron chi connectivity index (χ0n) is 17.1. The Morgan fingerprint density at radius 1 is 1.29 bits per heavy atom. The molecule has 1 aromatic heterocycles. The number of amides is 2. The summed E-state index contributed by atoms with van der Waals surface area (Å²) in [7, 11) is 0. The second-order valence-electron chi connectivity index (χ2n) is 8.57. The normalized spacial score (nSPS) is 19.9. The van der Waals surface area contributed by atoms with Gasteiger partial charge in [-0.05, 0) is 38.7 Å². The minimum atomic E-state index is -0.361. The average Bonchev–Trinajstić information content (AvgIpc) is 3.28. The predicted molar refractivity (Wildman–Crippen MR) is 110 cm³/mol. The van der Waals surface area contributed by atoms with Crippen LogP contribution in [-0.4, -0.2) is 46.7 Å². The summed E-state index contributed by atoms with van der Waals surface area (Å²) >= 11 is 0. The van der Waals surface area contributed by atoms with Crippen molar-refractivity contribution >= 4 is 22.7 Å². The van der Waals surface area contributed by atoms with Gasteiger partial charge in [-0.2, -0.15) is 5.10 Å². The molecule has 1 aliphatic rings. The zero-order chi connectivity index (χ0) is 20.3. The molecule has 1 saturated heterocycles. The highest BCUT2D eigenvalue weighted by atomic mass is 16.2. The largest absolute Gasteiger partial charge is 0.356 e. The Balaban J connectivity index is 1.55. The fourth-order valence-corrected chi connectivity index (χ4v) is 3.75. The van der Waals surface area contributed by atoms with Crippen LogP contribution >= 0.6 is 0 Å². The summed E-state index contributed by atoms with van der Waals surface area (Å²) in [6.45, 7) is 9.44. The number of nitrogens with zero attached hydrogens (tertiary/aromatic N) is 1. The van der Waals surface area contributed by atoms with Gasteiger partial charge in [-0.15, -0.1) is 0 Å². The van der Waals surface area contributed by atoms with E-state index >= 15 is 0 Å². The predicted octanol–water partition coefficient (Wildman–Crippen LogP) is 2.21. The monoisotopic (exact) mass is 385 g/mol. The van der Waals surface area contributed by atoms with Crippen LogP contribution in [0.3, 0.4) is 0 Å². The van der Waals surface area contributed by atoms with Crippen LogP contribution in [0.25, 0.3) is 10.9 Å². The Kier molecular flexibility index (Phi) is 6.03. The van der Waals surface area contributed by atoms with Gasteiger partial charge in [-0.25, -0.2) is 0 Å². The van der Waals surface area contributed by atoms with E-state index in [0.29, 0.717) is 24.2 Å². The molecule has 2 aromatic rings. The lowest BCUT2D eigenvalue weighted by atomic mass is 9.85. The second-order valence-corrected chi connectivity index (χ2v) is 8.57. The van der Waals surface area contributed by atoms with Gasteiger partial charge in [0.1, 0.15) is 0 Å². The maximum absolute atomic E-state index is 12.8. The summed E-state index contributed by atoms with van der Waals surface area (Å²) in [5.74, 6) is 0.257. The van der Waals surface area contributed by atoms with E-state index in [2.05, 4.69) is 40.0 Å². The number of hydrogen-bond donors (Lipinski definition) is 4. The molecule has 1 aliphatic heterocycles. The van der Waals surface area contributed by atoms with Gasteiger partial charge in [0.25, 0.3) is 5.91 Å². The lowest BCUT2D eigenvalue weighted by Crippen LogP contribution is -2.50.